The molecular weight excluding hydrogens is 406 g/mol. The monoisotopic (exact) mass is 415 g/mol. The molecule has 0 radical (unpaired) electrons. The van der Waals surface area contributed by atoms with Crippen LogP contribution in [-0.2, 0) is 10.0 Å². The second-order valence-electron chi connectivity index (χ2n) is 4.88. The van der Waals surface area contributed by atoms with E-state index in [9.17, 15) is 48.3 Å². The molecule has 26 heavy (non-hydrogen) atoms. The number of hydrogen-bond acceptors (Lipinski definition) is 3. The van der Waals surface area contributed by atoms with Crippen molar-refractivity contribution in [3.05, 3.63) is 29.8 Å². The van der Waals surface area contributed by atoms with E-state index >= 15 is 0 Å². The van der Waals surface area contributed by atoms with E-state index in [1.54, 1.807) is 0 Å². The number of carbonyl (C=O) groups excluding carboxylic acids is 1. The van der Waals surface area contributed by atoms with Gasteiger partial charge in [0.1, 0.15) is 16.5 Å². The quantitative estimate of drug-likeness (QED) is 0.521. The maximum absolute atomic E-state index is 13.4. The Kier molecular flexibility index (Phi) is 5.78. The Labute approximate surface area is 140 Å². The third-order valence-electron chi connectivity index (χ3n) is 2.98. The number of urea groups is 1. The maximum Gasteiger partial charge on any atom is 0.420 e. The zero-order valence-electron chi connectivity index (χ0n) is 12.4. The molecule has 0 saturated heterocycles. The number of sulfonamides is 1. The average Bonchev–Trinajstić information content (AvgIpc) is 2.45. The molecule has 1 rings (SSSR count). The lowest BCUT2D eigenvalue weighted by molar-refractivity contribution is -0.297. The summed E-state index contributed by atoms with van der Waals surface area (Å²) in [5.41, 5.74) is -3.72. The average molecular weight is 415 g/mol. The van der Waals surface area contributed by atoms with Gasteiger partial charge in [0.25, 0.3) is 10.0 Å². The molecule has 0 bridgehead atoms. The van der Waals surface area contributed by atoms with E-state index in [1.807, 2.05) is 0 Å². The Balaban J connectivity index is 2.97. The first-order valence-electron chi connectivity index (χ1n) is 6.20. The molecule has 0 saturated carbocycles. The molecule has 1 aromatic carbocycles. The van der Waals surface area contributed by atoms with Gasteiger partial charge >= 0.3 is 18.4 Å². The number of amides is 2. The van der Waals surface area contributed by atoms with Gasteiger partial charge in [-0.2, -0.15) is 26.3 Å². The van der Waals surface area contributed by atoms with Crippen LogP contribution < -0.4 is 15.6 Å². The van der Waals surface area contributed by atoms with Crippen molar-refractivity contribution in [2.45, 2.75) is 29.7 Å². The molecule has 15 heteroatoms. The van der Waals surface area contributed by atoms with E-state index < -0.39 is 57.4 Å². The number of hydrogen-bond donors (Lipinski definition) is 3. The molecule has 0 atom stereocenters. The zero-order chi connectivity index (χ0) is 20.6. The third kappa shape index (κ3) is 4.51. The van der Waals surface area contributed by atoms with Crippen LogP contribution >= 0.6 is 0 Å². The highest BCUT2D eigenvalue weighted by Gasteiger charge is 2.68. The largest absolute Gasteiger partial charge is 0.420 e. The summed E-state index contributed by atoms with van der Waals surface area (Å²) in [7, 11) is -5.03. The molecule has 0 fully saturated rings. The first-order valence-corrected chi connectivity index (χ1v) is 7.68. The number of rotatable bonds is 4. The Morgan fingerprint density at radius 1 is 1.00 bits per heavy atom. The molecule has 148 valence electrons. The first-order chi connectivity index (χ1) is 11.5. The van der Waals surface area contributed by atoms with Crippen LogP contribution in [-0.4, -0.2) is 32.3 Å². The molecule has 0 unspecified atom stereocenters. The fraction of sp³-hybridized carbons (Fsp3) is 0.364. The predicted octanol–water partition coefficient (Wildman–Crippen LogP) is 2.34. The molecule has 6 nitrogen and oxygen atoms in total. The van der Waals surface area contributed by atoms with E-state index in [0.717, 1.165) is 10.3 Å². The first kappa shape index (κ1) is 21.9. The zero-order valence-corrected chi connectivity index (χ0v) is 13.2. The number of alkyl halides is 6. The summed E-state index contributed by atoms with van der Waals surface area (Å²) in [5.74, 6) is -2.70. The van der Waals surface area contributed by atoms with Gasteiger partial charge in [0.2, 0.25) is 5.54 Å². The van der Waals surface area contributed by atoms with Crippen LogP contribution in [0.25, 0.3) is 0 Å². The highest BCUT2D eigenvalue weighted by atomic mass is 32.2. The summed E-state index contributed by atoms with van der Waals surface area (Å²) in [4.78, 5) is 11.0. The lowest BCUT2D eigenvalue weighted by atomic mass is 10.0. The maximum atomic E-state index is 13.4. The van der Waals surface area contributed by atoms with Gasteiger partial charge in [0.05, 0.1) is 0 Å². The minimum absolute atomic E-state index is 0.173. The number of benzene rings is 1. The molecule has 0 aliphatic heterocycles. The Hall–Kier alpha value is -2.16. The fourth-order valence-electron chi connectivity index (χ4n) is 1.41. The fourth-order valence-corrected chi connectivity index (χ4v) is 2.34. The summed E-state index contributed by atoms with van der Waals surface area (Å²) >= 11 is 0. The van der Waals surface area contributed by atoms with Crippen LogP contribution in [0.3, 0.4) is 0 Å². The van der Waals surface area contributed by atoms with Crippen molar-refractivity contribution in [3.63, 3.8) is 0 Å². The highest BCUT2D eigenvalue weighted by Crippen LogP contribution is 2.42. The van der Waals surface area contributed by atoms with Crippen molar-refractivity contribution in [3.8, 4) is 0 Å². The molecule has 1 aromatic rings. The van der Waals surface area contributed by atoms with E-state index in [2.05, 4.69) is 0 Å². The number of carbonyl (C=O) groups is 1. The summed E-state index contributed by atoms with van der Waals surface area (Å²) in [6.07, 6.45) is -12.0. The summed E-state index contributed by atoms with van der Waals surface area (Å²) in [6.45, 7) is -0.396. The lowest BCUT2D eigenvalue weighted by Crippen LogP contribution is -2.67. The molecule has 3 N–H and O–H groups in total. The van der Waals surface area contributed by atoms with Crippen LogP contribution in [0.15, 0.2) is 23.1 Å². The van der Waals surface area contributed by atoms with Crippen LogP contribution in [0.2, 0.25) is 0 Å². The summed E-state index contributed by atoms with van der Waals surface area (Å²) in [6, 6.07) is -1.13. The lowest BCUT2D eigenvalue weighted by Gasteiger charge is -2.34. The van der Waals surface area contributed by atoms with Crippen molar-refractivity contribution in [1.82, 2.24) is 15.6 Å². The van der Waals surface area contributed by atoms with Crippen molar-refractivity contribution in [1.29, 1.82) is 0 Å². The smallest absolute Gasteiger partial charge is 0.315 e. The van der Waals surface area contributed by atoms with E-state index in [0.29, 0.717) is 17.4 Å². The highest BCUT2D eigenvalue weighted by molar-refractivity contribution is 7.89. The van der Waals surface area contributed by atoms with Gasteiger partial charge in [-0.15, -0.1) is 4.83 Å². The second-order valence-corrected chi connectivity index (χ2v) is 6.53. The molecule has 2 amide bonds. The van der Waals surface area contributed by atoms with Gasteiger partial charge < -0.3 is 5.32 Å². The van der Waals surface area contributed by atoms with Crippen molar-refractivity contribution < 1.29 is 48.3 Å². The third-order valence-corrected chi connectivity index (χ3v) is 4.24. The Morgan fingerprint density at radius 3 is 1.96 bits per heavy atom. The van der Waals surface area contributed by atoms with Crippen molar-refractivity contribution in [2.75, 3.05) is 0 Å². The molecule has 0 aliphatic rings. The van der Waals surface area contributed by atoms with Gasteiger partial charge in [-0.1, -0.05) is 0 Å². The van der Waals surface area contributed by atoms with Gasteiger partial charge in [0, 0.05) is 0 Å². The summed E-state index contributed by atoms with van der Waals surface area (Å²) < 4.78 is 125. The number of nitrogens with one attached hydrogen (secondary N) is 3. The predicted molar refractivity (Wildman–Crippen MR) is 68.9 cm³/mol. The molecule has 0 heterocycles. The normalized spacial score (nSPS) is 13.4. The van der Waals surface area contributed by atoms with Crippen LogP contribution in [0, 0.1) is 11.6 Å². The van der Waals surface area contributed by atoms with Gasteiger partial charge in [0.15, 0.2) is 0 Å². The standard InChI is InChI=1S/C11H9F8N3O3S/c1-9(10(14,15)16,11(17,18)19)20-8(23)21-22-26(24,25)7-4-5(12)2-3-6(7)13/h2-4,22H,1H3,(H2,20,21,23). The van der Waals surface area contributed by atoms with Crippen molar-refractivity contribution >= 4 is 16.1 Å². The second kappa shape index (κ2) is 6.86. The van der Waals surface area contributed by atoms with Gasteiger partial charge in [-0.3, -0.25) is 5.43 Å². The van der Waals surface area contributed by atoms with Crippen molar-refractivity contribution in [2.24, 2.45) is 0 Å². The van der Waals surface area contributed by atoms with E-state index in [4.69, 9.17) is 0 Å². The van der Waals surface area contributed by atoms with E-state index in [-0.39, 0.29) is 6.07 Å². The molecule has 0 aromatic heterocycles. The van der Waals surface area contributed by atoms with E-state index in [1.165, 1.54) is 0 Å². The van der Waals surface area contributed by atoms with Crippen LogP contribution in [0.1, 0.15) is 6.92 Å². The minimum atomic E-state index is -5.98. The number of halogens is 8. The van der Waals surface area contributed by atoms with Crippen LogP contribution in [0.5, 0.6) is 0 Å². The molecular formula is C11H9F8N3O3S. The minimum Gasteiger partial charge on any atom is -0.315 e. The summed E-state index contributed by atoms with van der Waals surface area (Å²) in [5, 5.41) is 0.529. The van der Waals surface area contributed by atoms with Gasteiger partial charge in [-0.25, -0.2) is 22.0 Å². The Bertz CT molecular complexity index is 777. The van der Waals surface area contributed by atoms with Crippen LogP contribution in [0.4, 0.5) is 39.9 Å². The SMILES string of the molecule is CC(NC(=O)NNS(=O)(=O)c1cc(F)ccc1F)(C(F)(F)F)C(F)(F)F. The molecule has 0 spiro atoms. The Morgan fingerprint density at radius 2 is 1.50 bits per heavy atom. The topological polar surface area (TPSA) is 87.3 Å². The molecule has 0 aliphatic carbocycles. The number of hydrazine groups is 1. The van der Waals surface area contributed by atoms with Gasteiger partial charge in [-0.05, 0) is 25.1 Å².